The van der Waals surface area contributed by atoms with Crippen LogP contribution >= 0.6 is 11.6 Å². The Labute approximate surface area is 116 Å². The molecule has 1 aliphatic heterocycles. The lowest BCUT2D eigenvalue weighted by Crippen LogP contribution is -2.53. The van der Waals surface area contributed by atoms with Crippen molar-refractivity contribution in [3.63, 3.8) is 0 Å². The summed E-state index contributed by atoms with van der Waals surface area (Å²) in [4.78, 5) is 12.1. The summed E-state index contributed by atoms with van der Waals surface area (Å²) in [6.07, 6.45) is 1.40. The minimum absolute atomic E-state index is 0.239. The van der Waals surface area contributed by atoms with E-state index in [-0.39, 0.29) is 18.2 Å². The molecule has 1 aliphatic rings. The molecule has 0 atom stereocenters. The number of nitrogens with zero attached hydrogens (tertiary/aromatic N) is 1. The van der Waals surface area contributed by atoms with Crippen molar-refractivity contribution in [1.29, 1.82) is 0 Å². The molecule has 6 nitrogen and oxygen atoms in total. The Bertz CT molecular complexity index is 429. The second-order valence-corrected chi connectivity index (χ2v) is 4.86. The van der Waals surface area contributed by atoms with Crippen LogP contribution in [0.4, 0.5) is 0 Å². The highest BCUT2D eigenvalue weighted by Gasteiger charge is 2.34. The molecule has 1 aromatic heterocycles. The fourth-order valence-corrected chi connectivity index (χ4v) is 2.32. The summed E-state index contributed by atoms with van der Waals surface area (Å²) in [5.74, 6) is 0.582. The van der Waals surface area contributed by atoms with E-state index in [4.69, 9.17) is 25.6 Å². The van der Waals surface area contributed by atoms with Gasteiger partial charge in [0.05, 0.1) is 5.54 Å². The van der Waals surface area contributed by atoms with Crippen LogP contribution in [0.1, 0.15) is 29.1 Å². The van der Waals surface area contributed by atoms with Crippen molar-refractivity contribution in [2.75, 3.05) is 26.2 Å². The largest absolute Gasteiger partial charge is 0.381 e. The Morgan fingerprint density at radius 3 is 2.95 bits per heavy atom. The van der Waals surface area contributed by atoms with E-state index in [1.165, 1.54) is 0 Å². The summed E-state index contributed by atoms with van der Waals surface area (Å²) in [5.41, 5.74) is -0.180. The van der Waals surface area contributed by atoms with E-state index in [9.17, 15) is 4.79 Å². The Morgan fingerprint density at radius 2 is 2.32 bits per heavy atom. The molecule has 0 bridgehead atoms. The number of nitrogens with one attached hydrogen (secondary N) is 1. The first-order valence-corrected chi connectivity index (χ1v) is 6.63. The molecule has 0 aromatic carbocycles. The van der Waals surface area contributed by atoms with Crippen LogP contribution in [0.2, 0.25) is 0 Å². The van der Waals surface area contributed by atoms with Gasteiger partial charge < -0.3 is 19.3 Å². The summed E-state index contributed by atoms with van der Waals surface area (Å²) in [6, 6.07) is 1.57. The zero-order valence-corrected chi connectivity index (χ0v) is 11.5. The van der Waals surface area contributed by atoms with Crippen LogP contribution in [0.5, 0.6) is 0 Å². The van der Waals surface area contributed by atoms with E-state index in [2.05, 4.69) is 10.5 Å². The van der Waals surface area contributed by atoms with Gasteiger partial charge in [-0.05, 0) is 12.8 Å². The van der Waals surface area contributed by atoms with Crippen LogP contribution in [-0.4, -0.2) is 42.8 Å². The predicted octanol–water partition coefficient (Wildman–Crippen LogP) is 1.34. The van der Waals surface area contributed by atoms with Gasteiger partial charge in [-0.2, -0.15) is 0 Å². The van der Waals surface area contributed by atoms with Crippen LogP contribution in [0, 0.1) is 0 Å². The summed E-state index contributed by atoms with van der Waals surface area (Å²) >= 11 is 5.99. The number of hydrogen-bond acceptors (Lipinski definition) is 5. The summed E-state index contributed by atoms with van der Waals surface area (Å²) in [7, 11) is 1.55. The van der Waals surface area contributed by atoms with Gasteiger partial charge in [0.2, 0.25) is 0 Å². The van der Waals surface area contributed by atoms with Crippen molar-refractivity contribution in [3.05, 3.63) is 17.5 Å². The van der Waals surface area contributed by atoms with E-state index in [1.807, 2.05) is 0 Å². The summed E-state index contributed by atoms with van der Waals surface area (Å²) < 4.78 is 15.2. The second-order valence-electron chi connectivity index (χ2n) is 4.59. The number of hydrogen-bond donors (Lipinski definition) is 1. The molecule has 106 valence electrons. The number of alkyl halides is 1. The fraction of sp³-hybridized carbons (Fsp3) is 0.667. The molecule has 1 saturated heterocycles. The molecule has 0 spiro atoms. The third-order valence-electron chi connectivity index (χ3n) is 3.16. The van der Waals surface area contributed by atoms with E-state index in [0.29, 0.717) is 37.7 Å². The topological polar surface area (TPSA) is 73.6 Å². The minimum Gasteiger partial charge on any atom is -0.381 e. The van der Waals surface area contributed by atoms with Crippen LogP contribution in [0.15, 0.2) is 10.6 Å². The van der Waals surface area contributed by atoms with Gasteiger partial charge in [-0.25, -0.2) is 0 Å². The highest BCUT2D eigenvalue weighted by molar-refractivity contribution is 6.19. The smallest absolute Gasteiger partial charge is 0.273 e. The Hall–Kier alpha value is -1.11. The maximum absolute atomic E-state index is 12.1. The van der Waals surface area contributed by atoms with Crippen LogP contribution in [0.3, 0.4) is 0 Å². The van der Waals surface area contributed by atoms with Gasteiger partial charge in [0.25, 0.3) is 5.91 Å². The van der Waals surface area contributed by atoms with Gasteiger partial charge in [0.1, 0.15) is 6.61 Å². The minimum atomic E-state index is -0.419. The summed E-state index contributed by atoms with van der Waals surface area (Å²) in [6.45, 7) is 1.48. The molecule has 0 unspecified atom stereocenters. The number of methoxy groups -OCH3 is 1. The average molecular weight is 289 g/mol. The van der Waals surface area contributed by atoms with E-state index >= 15 is 0 Å². The zero-order valence-electron chi connectivity index (χ0n) is 10.8. The zero-order chi connectivity index (χ0) is 13.7. The van der Waals surface area contributed by atoms with E-state index < -0.39 is 5.54 Å². The van der Waals surface area contributed by atoms with Gasteiger partial charge >= 0.3 is 0 Å². The molecule has 2 heterocycles. The van der Waals surface area contributed by atoms with Crippen molar-refractivity contribution >= 4 is 17.5 Å². The number of rotatable bonds is 5. The number of halogens is 1. The number of carbonyl (C=O) groups excluding carboxylic acids is 1. The van der Waals surface area contributed by atoms with Gasteiger partial charge in [-0.1, -0.05) is 5.16 Å². The van der Waals surface area contributed by atoms with Crippen molar-refractivity contribution in [3.8, 4) is 0 Å². The standard InChI is InChI=1S/C12H17ClN2O4/c1-17-7-9-6-10(15-19-9)11(16)14-12(8-13)2-4-18-5-3-12/h6H,2-5,7-8H2,1H3,(H,14,16). The Kier molecular flexibility index (Phi) is 4.79. The molecule has 0 radical (unpaired) electrons. The van der Waals surface area contributed by atoms with Gasteiger partial charge in [0.15, 0.2) is 11.5 Å². The fourth-order valence-electron chi connectivity index (χ4n) is 1.99. The van der Waals surface area contributed by atoms with Gasteiger partial charge in [-0.3, -0.25) is 4.79 Å². The predicted molar refractivity (Wildman–Crippen MR) is 68.2 cm³/mol. The monoisotopic (exact) mass is 288 g/mol. The first kappa shape index (κ1) is 14.3. The quantitative estimate of drug-likeness (QED) is 0.828. The molecule has 1 amide bonds. The molecular formula is C12H17ClN2O4. The highest BCUT2D eigenvalue weighted by atomic mass is 35.5. The van der Waals surface area contributed by atoms with E-state index in [1.54, 1.807) is 13.2 Å². The lowest BCUT2D eigenvalue weighted by Gasteiger charge is -2.35. The molecule has 19 heavy (non-hydrogen) atoms. The number of amides is 1. The molecule has 0 saturated carbocycles. The van der Waals surface area contributed by atoms with Gasteiger partial charge in [-0.15, -0.1) is 11.6 Å². The lowest BCUT2D eigenvalue weighted by atomic mass is 9.92. The van der Waals surface area contributed by atoms with Gasteiger partial charge in [0, 0.05) is 32.3 Å². The molecule has 7 heteroatoms. The molecule has 2 rings (SSSR count). The lowest BCUT2D eigenvalue weighted by molar-refractivity contribution is 0.0431. The maximum Gasteiger partial charge on any atom is 0.273 e. The third kappa shape index (κ3) is 3.46. The average Bonchev–Trinajstić information content (AvgIpc) is 2.89. The Morgan fingerprint density at radius 1 is 1.58 bits per heavy atom. The first-order chi connectivity index (χ1) is 9.19. The molecule has 1 N–H and O–H groups in total. The molecular weight excluding hydrogens is 272 g/mol. The summed E-state index contributed by atoms with van der Waals surface area (Å²) in [5, 5.41) is 6.66. The number of ether oxygens (including phenoxy) is 2. The van der Waals surface area contributed by atoms with Crippen molar-refractivity contribution in [1.82, 2.24) is 10.5 Å². The number of aromatic nitrogens is 1. The van der Waals surface area contributed by atoms with Crippen LogP contribution < -0.4 is 5.32 Å². The third-order valence-corrected chi connectivity index (χ3v) is 3.67. The number of carbonyl (C=O) groups is 1. The molecule has 1 aromatic rings. The Balaban J connectivity index is 2.02. The molecule has 0 aliphatic carbocycles. The first-order valence-electron chi connectivity index (χ1n) is 6.10. The van der Waals surface area contributed by atoms with Crippen LogP contribution in [0.25, 0.3) is 0 Å². The SMILES string of the molecule is COCc1cc(C(=O)NC2(CCl)CCOCC2)no1. The van der Waals surface area contributed by atoms with Crippen molar-refractivity contribution in [2.24, 2.45) is 0 Å². The maximum atomic E-state index is 12.1. The molecule has 1 fully saturated rings. The van der Waals surface area contributed by atoms with Crippen LogP contribution in [-0.2, 0) is 16.1 Å². The van der Waals surface area contributed by atoms with E-state index in [0.717, 1.165) is 0 Å². The normalized spacial score (nSPS) is 18.2. The van der Waals surface area contributed by atoms with Crippen molar-refractivity contribution < 1.29 is 18.8 Å². The highest BCUT2D eigenvalue weighted by Crippen LogP contribution is 2.22. The van der Waals surface area contributed by atoms with Crippen molar-refractivity contribution in [2.45, 2.75) is 25.0 Å². The second kappa shape index (κ2) is 6.36.